The summed E-state index contributed by atoms with van der Waals surface area (Å²) in [5.41, 5.74) is 0.967. The standard InChI is InChI=1S/C18H26N6O/c1-3-13(2)20-18(25)24-10-6-14(7-11-24)12-16-21-17(23-22-16)15-4-8-19-9-5-15/h4-5,8-9,13-14H,3,6-7,10-12H2,1-2H3,(H,20,25)(H,21,22,23). The van der Waals surface area contributed by atoms with Crippen LogP contribution in [0.15, 0.2) is 24.5 Å². The first-order chi connectivity index (χ1) is 12.2. The van der Waals surface area contributed by atoms with E-state index in [9.17, 15) is 4.79 Å². The summed E-state index contributed by atoms with van der Waals surface area (Å²) >= 11 is 0. The summed E-state index contributed by atoms with van der Waals surface area (Å²) in [5.74, 6) is 2.16. The lowest BCUT2D eigenvalue weighted by atomic mass is 9.93. The predicted molar refractivity (Wildman–Crippen MR) is 95.9 cm³/mol. The Morgan fingerprint density at radius 1 is 1.36 bits per heavy atom. The first kappa shape index (κ1) is 17.4. The normalized spacial score (nSPS) is 16.6. The summed E-state index contributed by atoms with van der Waals surface area (Å²) in [7, 11) is 0. The van der Waals surface area contributed by atoms with Gasteiger partial charge in [0.05, 0.1) is 0 Å². The van der Waals surface area contributed by atoms with Crippen molar-refractivity contribution < 1.29 is 4.79 Å². The van der Waals surface area contributed by atoms with Crippen LogP contribution < -0.4 is 5.32 Å². The molecule has 0 bridgehead atoms. The molecule has 0 aliphatic carbocycles. The number of H-pyrrole nitrogens is 1. The molecule has 2 amide bonds. The van der Waals surface area contributed by atoms with Crippen LogP contribution in [0.5, 0.6) is 0 Å². The highest BCUT2D eigenvalue weighted by atomic mass is 16.2. The van der Waals surface area contributed by atoms with Gasteiger partial charge in [0.2, 0.25) is 0 Å². The number of aromatic amines is 1. The number of rotatable bonds is 5. The van der Waals surface area contributed by atoms with Gasteiger partial charge in [-0.25, -0.2) is 9.78 Å². The molecule has 1 aliphatic rings. The quantitative estimate of drug-likeness (QED) is 0.874. The van der Waals surface area contributed by atoms with E-state index in [1.165, 1.54) is 0 Å². The molecule has 25 heavy (non-hydrogen) atoms. The second-order valence-corrected chi connectivity index (χ2v) is 6.73. The smallest absolute Gasteiger partial charge is 0.317 e. The van der Waals surface area contributed by atoms with E-state index in [0.717, 1.165) is 50.2 Å². The highest BCUT2D eigenvalue weighted by Crippen LogP contribution is 2.21. The first-order valence-corrected chi connectivity index (χ1v) is 9.02. The molecule has 0 saturated carbocycles. The minimum Gasteiger partial charge on any atom is -0.336 e. The number of nitrogens with one attached hydrogen (secondary N) is 2. The monoisotopic (exact) mass is 342 g/mol. The second-order valence-electron chi connectivity index (χ2n) is 6.73. The number of piperidine rings is 1. The van der Waals surface area contributed by atoms with Gasteiger partial charge in [0.1, 0.15) is 5.82 Å². The van der Waals surface area contributed by atoms with Crippen molar-refractivity contribution >= 4 is 6.03 Å². The zero-order valence-electron chi connectivity index (χ0n) is 14.9. The molecule has 3 rings (SSSR count). The van der Waals surface area contributed by atoms with Gasteiger partial charge in [0, 0.05) is 43.5 Å². The Morgan fingerprint density at radius 3 is 2.76 bits per heavy atom. The van der Waals surface area contributed by atoms with E-state index in [0.29, 0.717) is 11.7 Å². The van der Waals surface area contributed by atoms with Gasteiger partial charge in [-0.2, -0.15) is 5.10 Å². The Labute approximate surface area is 148 Å². The number of likely N-dealkylation sites (tertiary alicyclic amines) is 1. The van der Waals surface area contributed by atoms with Crippen LogP contribution in [0.4, 0.5) is 4.79 Å². The number of hydrogen-bond donors (Lipinski definition) is 2. The topological polar surface area (TPSA) is 86.8 Å². The van der Waals surface area contributed by atoms with Gasteiger partial charge < -0.3 is 10.2 Å². The van der Waals surface area contributed by atoms with E-state index in [1.807, 2.05) is 24.0 Å². The van der Waals surface area contributed by atoms with E-state index in [2.05, 4.69) is 32.4 Å². The third kappa shape index (κ3) is 4.55. The average Bonchev–Trinajstić information content (AvgIpc) is 3.11. The van der Waals surface area contributed by atoms with Crippen LogP contribution in [0.25, 0.3) is 11.4 Å². The molecule has 2 aromatic rings. The van der Waals surface area contributed by atoms with Crippen LogP contribution in [0, 0.1) is 5.92 Å². The highest BCUT2D eigenvalue weighted by molar-refractivity contribution is 5.74. The number of aromatic nitrogens is 4. The molecule has 2 N–H and O–H groups in total. The first-order valence-electron chi connectivity index (χ1n) is 9.02. The second kappa shape index (κ2) is 8.09. The summed E-state index contributed by atoms with van der Waals surface area (Å²) in [6, 6.07) is 4.10. The van der Waals surface area contributed by atoms with E-state index < -0.39 is 0 Å². The van der Waals surface area contributed by atoms with Crippen LogP contribution in [0.1, 0.15) is 38.9 Å². The zero-order chi connectivity index (χ0) is 17.6. The van der Waals surface area contributed by atoms with Gasteiger partial charge >= 0.3 is 6.03 Å². The molecule has 0 aromatic carbocycles. The van der Waals surface area contributed by atoms with Gasteiger partial charge in [-0.15, -0.1) is 0 Å². The number of carbonyl (C=O) groups is 1. The molecule has 3 heterocycles. The molecule has 2 aromatic heterocycles. The molecule has 7 nitrogen and oxygen atoms in total. The van der Waals surface area contributed by atoms with Crippen molar-refractivity contribution in [2.75, 3.05) is 13.1 Å². The molecular formula is C18H26N6O. The van der Waals surface area contributed by atoms with Crippen LogP contribution in [-0.2, 0) is 6.42 Å². The van der Waals surface area contributed by atoms with Crippen LogP contribution in [-0.4, -0.2) is 50.2 Å². The molecule has 1 fully saturated rings. The summed E-state index contributed by atoms with van der Waals surface area (Å²) in [5, 5.41) is 10.4. The fraction of sp³-hybridized carbons (Fsp3) is 0.556. The predicted octanol–water partition coefficient (Wildman–Crippen LogP) is 2.63. The van der Waals surface area contributed by atoms with Crippen molar-refractivity contribution in [3.8, 4) is 11.4 Å². The van der Waals surface area contributed by atoms with Crippen molar-refractivity contribution in [3.05, 3.63) is 30.4 Å². The van der Waals surface area contributed by atoms with Crippen LogP contribution in [0.3, 0.4) is 0 Å². The average molecular weight is 342 g/mol. The van der Waals surface area contributed by atoms with E-state index in [1.54, 1.807) is 12.4 Å². The Bertz CT molecular complexity index is 678. The number of nitrogens with zero attached hydrogens (tertiary/aromatic N) is 4. The molecule has 0 spiro atoms. The Balaban J connectivity index is 1.50. The van der Waals surface area contributed by atoms with Crippen LogP contribution in [0.2, 0.25) is 0 Å². The minimum atomic E-state index is 0.0624. The summed E-state index contributed by atoms with van der Waals surface area (Å²) in [6.45, 7) is 5.72. The maximum atomic E-state index is 12.2. The number of amides is 2. The third-order valence-corrected chi connectivity index (χ3v) is 4.84. The number of urea groups is 1. The lowest BCUT2D eigenvalue weighted by Gasteiger charge is -2.32. The number of pyridine rings is 1. The van der Waals surface area contributed by atoms with E-state index >= 15 is 0 Å². The maximum Gasteiger partial charge on any atom is 0.317 e. The lowest BCUT2D eigenvalue weighted by molar-refractivity contribution is 0.167. The molecule has 0 radical (unpaired) electrons. The number of hydrogen-bond acceptors (Lipinski definition) is 4. The Hall–Kier alpha value is -2.44. The summed E-state index contributed by atoms with van der Waals surface area (Å²) in [4.78, 5) is 22.7. The number of carbonyl (C=O) groups excluding carboxylic acids is 1. The van der Waals surface area contributed by atoms with E-state index in [4.69, 9.17) is 0 Å². The molecule has 7 heteroatoms. The largest absolute Gasteiger partial charge is 0.336 e. The zero-order valence-corrected chi connectivity index (χ0v) is 14.9. The van der Waals surface area contributed by atoms with Gasteiger partial charge in [-0.1, -0.05) is 6.92 Å². The molecule has 134 valence electrons. The molecule has 1 saturated heterocycles. The molecule has 1 unspecified atom stereocenters. The van der Waals surface area contributed by atoms with Crippen molar-refractivity contribution in [2.45, 2.75) is 45.6 Å². The van der Waals surface area contributed by atoms with Crippen molar-refractivity contribution in [3.63, 3.8) is 0 Å². The van der Waals surface area contributed by atoms with Crippen LogP contribution >= 0.6 is 0 Å². The van der Waals surface area contributed by atoms with Gasteiger partial charge in [0.15, 0.2) is 5.82 Å². The third-order valence-electron chi connectivity index (χ3n) is 4.84. The lowest BCUT2D eigenvalue weighted by Crippen LogP contribution is -2.47. The summed E-state index contributed by atoms with van der Waals surface area (Å²) < 4.78 is 0. The van der Waals surface area contributed by atoms with E-state index in [-0.39, 0.29) is 12.1 Å². The van der Waals surface area contributed by atoms with Crippen molar-refractivity contribution in [1.82, 2.24) is 30.4 Å². The fourth-order valence-corrected chi connectivity index (χ4v) is 3.03. The van der Waals surface area contributed by atoms with Crippen molar-refractivity contribution in [2.24, 2.45) is 5.92 Å². The minimum absolute atomic E-state index is 0.0624. The molecular weight excluding hydrogens is 316 g/mol. The van der Waals surface area contributed by atoms with Gasteiger partial charge in [0.25, 0.3) is 0 Å². The highest BCUT2D eigenvalue weighted by Gasteiger charge is 2.24. The molecule has 1 atom stereocenters. The molecule has 1 aliphatic heterocycles. The fourth-order valence-electron chi connectivity index (χ4n) is 3.03. The maximum absolute atomic E-state index is 12.2. The summed E-state index contributed by atoms with van der Waals surface area (Å²) in [6.07, 6.45) is 7.31. The van der Waals surface area contributed by atoms with Crippen molar-refractivity contribution in [1.29, 1.82) is 0 Å². The Kier molecular flexibility index (Phi) is 5.63. The van der Waals surface area contributed by atoms with Gasteiger partial charge in [-0.05, 0) is 44.2 Å². The Morgan fingerprint density at radius 2 is 2.08 bits per heavy atom. The SMILES string of the molecule is CCC(C)NC(=O)N1CCC(Cc2nc(-c3ccncc3)n[nH]2)CC1. The van der Waals surface area contributed by atoms with Gasteiger partial charge in [-0.3, -0.25) is 10.1 Å².